The van der Waals surface area contributed by atoms with Crippen LogP contribution in [0.5, 0.6) is 0 Å². The van der Waals surface area contributed by atoms with E-state index in [-0.39, 0.29) is 5.97 Å². The minimum atomic E-state index is -0.376. The number of aryl methyl sites for hydroxylation is 1. The normalized spacial score (nSPS) is 10.1. The molecule has 2 N–H and O–H groups in total. The van der Waals surface area contributed by atoms with Gasteiger partial charge in [-0.15, -0.1) is 0 Å². The third-order valence-corrected chi connectivity index (χ3v) is 2.78. The van der Waals surface area contributed by atoms with Gasteiger partial charge in [0, 0.05) is 5.69 Å². The quantitative estimate of drug-likeness (QED) is 0.649. The van der Waals surface area contributed by atoms with Crippen LogP contribution in [0, 0.1) is 6.92 Å². The second-order valence-electron chi connectivity index (χ2n) is 4.17. The number of rotatable bonds is 2. The summed E-state index contributed by atoms with van der Waals surface area (Å²) in [6, 6.07) is 13.2. The highest BCUT2D eigenvalue weighted by atomic mass is 16.5. The molecule has 3 heteroatoms. The van der Waals surface area contributed by atoms with Crippen molar-refractivity contribution in [2.45, 2.75) is 6.92 Å². The second kappa shape index (κ2) is 4.92. The smallest absolute Gasteiger partial charge is 0.338 e. The number of nitrogen functional groups attached to an aromatic ring is 1. The zero-order valence-corrected chi connectivity index (χ0v) is 10.4. The zero-order chi connectivity index (χ0) is 13.1. The molecule has 0 bridgehead atoms. The maximum absolute atomic E-state index is 11.8. The molecule has 0 atom stereocenters. The first-order chi connectivity index (χ1) is 8.61. The van der Waals surface area contributed by atoms with Crippen LogP contribution >= 0.6 is 0 Å². The molecule has 0 aromatic heterocycles. The summed E-state index contributed by atoms with van der Waals surface area (Å²) in [7, 11) is 1.37. The molecule has 2 rings (SSSR count). The Labute approximate surface area is 106 Å². The molecule has 0 fully saturated rings. The van der Waals surface area contributed by atoms with Gasteiger partial charge in [-0.25, -0.2) is 4.79 Å². The number of hydrogen-bond acceptors (Lipinski definition) is 3. The summed E-state index contributed by atoms with van der Waals surface area (Å²) >= 11 is 0. The fourth-order valence-electron chi connectivity index (χ4n) is 1.91. The van der Waals surface area contributed by atoms with Crippen molar-refractivity contribution in [3.05, 3.63) is 53.6 Å². The van der Waals surface area contributed by atoms with E-state index in [1.165, 1.54) is 7.11 Å². The van der Waals surface area contributed by atoms with Crippen LogP contribution in [0.25, 0.3) is 11.1 Å². The van der Waals surface area contributed by atoms with Crippen LogP contribution in [0.2, 0.25) is 0 Å². The Morgan fingerprint density at radius 2 is 1.94 bits per heavy atom. The molecule has 0 amide bonds. The van der Waals surface area contributed by atoms with E-state index in [0.717, 1.165) is 16.7 Å². The van der Waals surface area contributed by atoms with Crippen LogP contribution in [0.4, 0.5) is 5.69 Å². The highest BCUT2D eigenvalue weighted by Crippen LogP contribution is 2.26. The monoisotopic (exact) mass is 241 g/mol. The van der Waals surface area contributed by atoms with Crippen molar-refractivity contribution in [3.63, 3.8) is 0 Å². The number of carbonyl (C=O) groups is 1. The van der Waals surface area contributed by atoms with Gasteiger partial charge in [-0.3, -0.25) is 0 Å². The number of ether oxygens (including phenoxy) is 1. The lowest BCUT2D eigenvalue weighted by atomic mass is 9.98. The van der Waals surface area contributed by atoms with Gasteiger partial charge >= 0.3 is 5.97 Å². The van der Waals surface area contributed by atoms with Crippen LogP contribution in [-0.4, -0.2) is 13.1 Å². The molecular formula is C15H15NO2. The van der Waals surface area contributed by atoms with Crippen molar-refractivity contribution >= 4 is 11.7 Å². The second-order valence-corrected chi connectivity index (χ2v) is 4.17. The minimum absolute atomic E-state index is 0.376. The summed E-state index contributed by atoms with van der Waals surface area (Å²) in [5, 5.41) is 0. The molecule has 0 saturated carbocycles. The van der Waals surface area contributed by atoms with Gasteiger partial charge in [-0.2, -0.15) is 0 Å². The first-order valence-corrected chi connectivity index (χ1v) is 5.66. The summed E-state index contributed by atoms with van der Waals surface area (Å²) in [6.45, 7) is 2.01. The molecule has 0 aliphatic carbocycles. The van der Waals surface area contributed by atoms with Crippen molar-refractivity contribution in [1.82, 2.24) is 0 Å². The number of esters is 1. The van der Waals surface area contributed by atoms with E-state index in [1.807, 2.05) is 37.3 Å². The maximum atomic E-state index is 11.8. The molecule has 3 nitrogen and oxygen atoms in total. The predicted octanol–water partition coefficient (Wildman–Crippen LogP) is 3.03. The van der Waals surface area contributed by atoms with E-state index >= 15 is 0 Å². The summed E-state index contributed by atoms with van der Waals surface area (Å²) in [5.74, 6) is -0.376. The third-order valence-electron chi connectivity index (χ3n) is 2.78. The molecular weight excluding hydrogens is 226 g/mol. The Kier molecular flexibility index (Phi) is 3.33. The molecule has 0 aliphatic heterocycles. The van der Waals surface area contributed by atoms with Crippen LogP contribution in [-0.2, 0) is 4.74 Å². The van der Waals surface area contributed by atoms with E-state index < -0.39 is 0 Å². The SMILES string of the molecule is COC(=O)c1cc(N)ccc1-c1cccc(C)c1. The average molecular weight is 241 g/mol. The molecule has 0 heterocycles. The standard InChI is InChI=1S/C15H15NO2/c1-10-4-3-5-11(8-10)13-7-6-12(16)9-14(13)15(17)18-2/h3-9H,16H2,1-2H3. The van der Waals surface area contributed by atoms with E-state index in [0.29, 0.717) is 11.3 Å². The van der Waals surface area contributed by atoms with E-state index in [9.17, 15) is 4.79 Å². The fourth-order valence-corrected chi connectivity index (χ4v) is 1.91. The van der Waals surface area contributed by atoms with Crippen molar-refractivity contribution in [2.24, 2.45) is 0 Å². The summed E-state index contributed by atoms with van der Waals surface area (Å²) < 4.78 is 4.79. The molecule has 0 saturated heterocycles. The van der Waals surface area contributed by atoms with Gasteiger partial charge in [0.25, 0.3) is 0 Å². The van der Waals surface area contributed by atoms with Gasteiger partial charge in [0.1, 0.15) is 0 Å². The molecule has 0 radical (unpaired) electrons. The van der Waals surface area contributed by atoms with Gasteiger partial charge in [0.2, 0.25) is 0 Å². The van der Waals surface area contributed by atoms with Crippen molar-refractivity contribution in [3.8, 4) is 11.1 Å². The van der Waals surface area contributed by atoms with Gasteiger partial charge < -0.3 is 10.5 Å². The van der Waals surface area contributed by atoms with E-state index in [2.05, 4.69) is 0 Å². The highest BCUT2D eigenvalue weighted by molar-refractivity contribution is 5.98. The molecule has 92 valence electrons. The van der Waals surface area contributed by atoms with E-state index in [1.54, 1.807) is 12.1 Å². The third kappa shape index (κ3) is 2.35. The van der Waals surface area contributed by atoms with E-state index in [4.69, 9.17) is 10.5 Å². The van der Waals surface area contributed by atoms with Crippen molar-refractivity contribution in [1.29, 1.82) is 0 Å². The largest absolute Gasteiger partial charge is 0.465 e. The first kappa shape index (κ1) is 12.2. The number of methoxy groups -OCH3 is 1. The molecule has 0 aliphatic rings. The van der Waals surface area contributed by atoms with Crippen molar-refractivity contribution in [2.75, 3.05) is 12.8 Å². The summed E-state index contributed by atoms with van der Waals surface area (Å²) in [4.78, 5) is 11.8. The van der Waals surface area contributed by atoms with Crippen LogP contribution < -0.4 is 5.73 Å². The van der Waals surface area contributed by atoms with Gasteiger partial charge in [0.15, 0.2) is 0 Å². The number of anilines is 1. The summed E-state index contributed by atoms with van der Waals surface area (Å²) in [6.07, 6.45) is 0. The Morgan fingerprint density at radius 1 is 1.17 bits per heavy atom. The number of benzene rings is 2. The van der Waals surface area contributed by atoms with Gasteiger partial charge in [0.05, 0.1) is 12.7 Å². The Balaban J connectivity index is 2.60. The lowest BCUT2D eigenvalue weighted by Gasteiger charge is -2.09. The maximum Gasteiger partial charge on any atom is 0.338 e. The lowest BCUT2D eigenvalue weighted by molar-refractivity contribution is 0.0601. The average Bonchev–Trinajstić information content (AvgIpc) is 2.37. The molecule has 2 aromatic rings. The van der Waals surface area contributed by atoms with Gasteiger partial charge in [-0.05, 0) is 30.2 Å². The van der Waals surface area contributed by atoms with Crippen LogP contribution in [0.3, 0.4) is 0 Å². The molecule has 0 unspecified atom stereocenters. The van der Waals surface area contributed by atoms with Crippen LogP contribution in [0.1, 0.15) is 15.9 Å². The highest BCUT2D eigenvalue weighted by Gasteiger charge is 2.13. The minimum Gasteiger partial charge on any atom is -0.465 e. The zero-order valence-electron chi connectivity index (χ0n) is 10.4. The van der Waals surface area contributed by atoms with Gasteiger partial charge in [-0.1, -0.05) is 35.9 Å². The lowest BCUT2D eigenvalue weighted by Crippen LogP contribution is -2.04. The fraction of sp³-hybridized carbons (Fsp3) is 0.133. The number of carbonyl (C=O) groups excluding carboxylic acids is 1. The topological polar surface area (TPSA) is 52.3 Å². The van der Waals surface area contributed by atoms with Crippen molar-refractivity contribution < 1.29 is 9.53 Å². The Bertz CT molecular complexity index is 591. The predicted molar refractivity (Wildman–Crippen MR) is 72.4 cm³/mol. The Morgan fingerprint density at radius 3 is 2.61 bits per heavy atom. The number of hydrogen-bond donors (Lipinski definition) is 1. The first-order valence-electron chi connectivity index (χ1n) is 5.66. The summed E-state index contributed by atoms with van der Waals surface area (Å²) in [5.41, 5.74) is 9.71. The Hall–Kier alpha value is -2.29. The number of nitrogens with two attached hydrogens (primary N) is 1. The molecule has 18 heavy (non-hydrogen) atoms. The molecule has 2 aromatic carbocycles. The molecule has 0 spiro atoms. The van der Waals surface area contributed by atoms with Crippen LogP contribution in [0.15, 0.2) is 42.5 Å².